The molecule has 7 nitrogen and oxygen atoms in total. The summed E-state index contributed by atoms with van der Waals surface area (Å²) in [5, 5.41) is 2.81. The summed E-state index contributed by atoms with van der Waals surface area (Å²) in [4.78, 5) is 14.2. The van der Waals surface area contributed by atoms with E-state index in [0.717, 1.165) is 21.0 Å². The quantitative estimate of drug-likeness (QED) is 0.415. The van der Waals surface area contributed by atoms with Crippen molar-refractivity contribution < 1.29 is 21.6 Å². The normalized spacial score (nSPS) is 12.7. The number of carbonyl (C=O) groups is 1. The smallest absolute Gasteiger partial charge is 0.264 e. The second kappa shape index (κ2) is 10.8. The van der Waals surface area contributed by atoms with Gasteiger partial charge in [0.05, 0.1) is 21.5 Å². The van der Waals surface area contributed by atoms with Crippen LogP contribution in [0.25, 0.3) is 0 Å². The highest BCUT2D eigenvalue weighted by Gasteiger charge is 2.27. The molecule has 0 heterocycles. The highest BCUT2D eigenvalue weighted by Crippen LogP contribution is 2.26. The Bertz CT molecular complexity index is 1380. The Morgan fingerprint density at radius 2 is 1.43 bits per heavy atom. The number of hydrogen-bond acceptors (Lipinski definition) is 6. The standard InChI is InChI=1S/C25H28N2O5S3/c1-18-5-9-21(10-6-18)27(35(31,32)24-15-11-22(33-3)12-16-24)17-25(28)26-19(2)20-7-13-23(14-8-20)34(4,29)30/h5-16,19H,17H2,1-4H3,(H,26,28). The van der Waals surface area contributed by atoms with Crippen molar-refractivity contribution in [3.05, 3.63) is 83.9 Å². The largest absolute Gasteiger partial charge is 0.348 e. The Morgan fingerprint density at radius 3 is 1.94 bits per heavy atom. The lowest BCUT2D eigenvalue weighted by molar-refractivity contribution is -0.120. The first-order valence-electron chi connectivity index (χ1n) is 10.7. The molecule has 0 aliphatic rings. The maximum absolute atomic E-state index is 13.5. The highest BCUT2D eigenvalue weighted by atomic mass is 32.2. The van der Waals surface area contributed by atoms with E-state index in [1.165, 1.54) is 36.0 Å². The molecule has 1 amide bonds. The van der Waals surface area contributed by atoms with Crippen LogP contribution < -0.4 is 9.62 Å². The SMILES string of the molecule is CSc1ccc(S(=O)(=O)N(CC(=O)NC(C)c2ccc(S(C)(=O)=O)cc2)c2ccc(C)cc2)cc1. The summed E-state index contributed by atoms with van der Waals surface area (Å²) in [6.07, 6.45) is 3.03. The number of sulfone groups is 1. The highest BCUT2D eigenvalue weighted by molar-refractivity contribution is 7.98. The summed E-state index contributed by atoms with van der Waals surface area (Å²) < 4.78 is 51.5. The number of nitrogens with zero attached hydrogens (tertiary/aromatic N) is 1. The van der Waals surface area contributed by atoms with E-state index < -0.39 is 38.4 Å². The van der Waals surface area contributed by atoms with Crippen LogP contribution in [0.5, 0.6) is 0 Å². The number of anilines is 1. The van der Waals surface area contributed by atoms with Crippen molar-refractivity contribution in [2.45, 2.75) is 34.6 Å². The first kappa shape index (κ1) is 26.8. The molecule has 0 radical (unpaired) electrons. The fourth-order valence-electron chi connectivity index (χ4n) is 3.41. The number of nitrogens with one attached hydrogen (secondary N) is 1. The molecule has 1 N–H and O–H groups in total. The number of benzene rings is 3. The fraction of sp³-hybridized carbons (Fsp3) is 0.240. The zero-order valence-corrected chi connectivity index (χ0v) is 22.4. The average molecular weight is 533 g/mol. The zero-order chi connectivity index (χ0) is 25.8. The summed E-state index contributed by atoms with van der Waals surface area (Å²) in [6, 6.07) is 19.2. The molecule has 10 heteroatoms. The lowest BCUT2D eigenvalue weighted by atomic mass is 10.1. The van der Waals surface area contributed by atoms with Gasteiger partial charge in [0, 0.05) is 11.2 Å². The molecule has 0 saturated carbocycles. The Balaban J connectivity index is 1.85. The first-order valence-corrected chi connectivity index (χ1v) is 15.3. The average Bonchev–Trinajstić information content (AvgIpc) is 2.82. The summed E-state index contributed by atoms with van der Waals surface area (Å²) in [5.74, 6) is -0.491. The first-order chi connectivity index (χ1) is 16.4. The van der Waals surface area contributed by atoms with Gasteiger partial charge in [0.25, 0.3) is 10.0 Å². The van der Waals surface area contributed by atoms with Crippen LogP contribution in [0.4, 0.5) is 5.69 Å². The molecule has 186 valence electrons. The molecule has 0 aromatic heterocycles. The molecule has 3 aromatic carbocycles. The number of carbonyl (C=O) groups excluding carboxylic acids is 1. The molecule has 0 aliphatic heterocycles. The van der Waals surface area contributed by atoms with E-state index in [2.05, 4.69) is 5.32 Å². The number of aryl methyl sites for hydroxylation is 1. The van der Waals surface area contributed by atoms with Crippen LogP contribution in [0, 0.1) is 6.92 Å². The predicted molar refractivity (Wildman–Crippen MR) is 140 cm³/mol. The molecule has 1 unspecified atom stereocenters. The summed E-state index contributed by atoms with van der Waals surface area (Å²) in [5.41, 5.74) is 2.04. The van der Waals surface area contributed by atoms with Gasteiger partial charge < -0.3 is 5.32 Å². The van der Waals surface area contributed by atoms with Crippen molar-refractivity contribution >= 4 is 43.2 Å². The van der Waals surface area contributed by atoms with Crippen molar-refractivity contribution in [2.75, 3.05) is 23.4 Å². The van der Waals surface area contributed by atoms with Gasteiger partial charge in [-0.1, -0.05) is 29.8 Å². The molecule has 0 spiro atoms. The Morgan fingerprint density at radius 1 is 0.886 bits per heavy atom. The van der Waals surface area contributed by atoms with Crippen LogP contribution in [-0.2, 0) is 24.7 Å². The van der Waals surface area contributed by atoms with Gasteiger partial charge in [-0.15, -0.1) is 11.8 Å². The van der Waals surface area contributed by atoms with E-state index in [1.807, 2.05) is 13.2 Å². The minimum absolute atomic E-state index is 0.0908. The maximum atomic E-state index is 13.5. The lowest BCUT2D eigenvalue weighted by Crippen LogP contribution is -2.41. The summed E-state index contributed by atoms with van der Waals surface area (Å²) in [6.45, 7) is 3.23. The van der Waals surface area contributed by atoms with Gasteiger partial charge >= 0.3 is 0 Å². The third kappa shape index (κ3) is 6.65. The van der Waals surface area contributed by atoms with Crippen molar-refractivity contribution in [1.82, 2.24) is 5.32 Å². The molecule has 1 atom stereocenters. The Labute approximate surface area is 211 Å². The van der Waals surface area contributed by atoms with Gasteiger partial charge in [-0.2, -0.15) is 0 Å². The van der Waals surface area contributed by atoms with Crippen LogP contribution in [0.2, 0.25) is 0 Å². The van der Waals surface area contributed by atoms with Gasteiger partial charge in [0.15, 0.2) is 9.84 Å². The molecule has 0 aliphatic carbocycles. The van der Waals surface area contributed by atoms with E-state index in [4.69, 9.17) is 0 Å². The second-order valence-corrected chi connectivity index (χ2v) is 12.9. The van der Waals surface area contributed by atoms with E-state index in [-0.39, 0.29) is 9.79 Å². The van der Waals surface area contributed by atoms with E-state index >= 15 is 0 Å². The maximum Gasteiger partial charge on any atom is 0.264 e. The van der Waals surface area contributed by atoms with Crippen LogP contribution in [0.1, 0.15) is 24.1 Å². The second-order valence-electron chi connectivity index (χ2n) is 8.15. The van der Waals surface area contributed by atoms with Crippen molar-refractivity contribution in [2.24, 2.45) is 0 Å². The van der Waals surface area contributed by atoms with Gasteiger partial charge in [0.2, 0.25) is 5.91 Å². The van der Waals surface area contributed by atoms with E-state index in [1.54, 1.807) is 55.5 Å². The van der Waals surface area contributed by atoms with Crippen molar-refractivity contribution in [3.8, 4) is 0 Å². The van der Waals surface area contributed by atoms with Crippen LogP contribution >= 0.6 is 11.8 Å². The molecular weight excluding hydrogens is 504 g/mol. The zero-order valence-electron chi connectivity index (χ0n) is 19.9. The van der Waals surface area contributed by atoms with Crippen molar-refractivity contribution in [3.63, 3.8) is 0 Å². The number of thioether (sulfide) groups is 1. The van der Waals surface area contributed by atoms with E-state index in [9.17, 15) is 21.6 Å². The molecule has 0 fully saturated rings. The Hall–Kier alpha value is -2.82. The molecule has 0 bridgehead atoms. The fourth-order valence-corrected chi connectivity index (χ4v) is 5.87. The monoisotopic (exact) mass is 532 g/mol. The number of sulfonamides is 1. The molecule has 35 heavy (non-hydrogen) atoms. The third-order valence-corrected chi connectivity index (χ3v) is 9.10. The molecular formula is C25H28N2O5S3. The molecule has 3 rings (SSSR count). The van der Waals surface area contributed by atoms with Gasteiger partial charge in [-0.3, -0.25) is 9.10 Å². The molecule has 3 aromatic rings. The van der Waals surface area contributed by atoms with Gasteiger partial charge in [0.1, 0.15) is 6.54 Å². The minimum Gasteiger partial charge on any atom is -0.348 e. The number of rotatable bonds is 9. The van der Waals surface area contributed by atoms with Gasteiger partial charge in [-0.25, -0.2) is 16.8 Å². The third-order valence-electron chi connectivity index (χ3n) is 5.44. The van der Waals surface area contributed by atoms with Crippen LogP contribution in [0.15, 0.2) is 87.5 Å². The summed E-state index contributed by atoms with van der Waals surface area (Å²) in [7, 11) is -7.34. The summed E-state index contributed by atoms with van der Waals surface area (Å²) >= 11 is 1.51. The minimum atomic E-state index is -4.01. The van der Waals surface area contributed by atoms with Crippen LogP contribution in [-0.4, -0.2) is 41.8 Å². The van der Waals surface area contributed by atoms with Crippen molar-refractivity contribution in [1.29, 1.82) is 0 Å². The lowest BCUT2D eigenvalue weighted by Gasteiger charge is -2.25. The van der Waals surface area contributed by atoms with Gasteiger partial charge in [-0.05, 0) is 74.2 Å². The van der Waals surface area contributed by atoms with Crippen LogP contribution in [0.3, 0.4) is 0 Å². The Kier molecular flexibility index (Phi) is 8.30. The predicted octanol–water partition coefficient (Wildman–Crippen LogP) is 4.19. The number of hydrogen-bond donors (Lipinski definition) is 1. The van der Waals surface area contributed by atoms with E-state index in [0.29, 0.717) is 11.3 Å². The number of amides is 1. The molecule has 0 saturated heterocycles. The topological polar surface area (TPSA) is 101 Å².